The van der Waals surface area contributed by atoms with Crippen LogP contribution in [-0.4, -0.2) is 26.1 Å². The van der Waals surface area contributed by atoms with Crippen LogP contribution in [0.15, 0.2) is 60.7 Å². The predicted molar refractivity (Wildman–Crippen MR) is 119 cm³/mol. The van der Waals surface area contributed by atoms with E-state index in [9.17, 15) is 4.79 Å². The number of aromatic nitrogens is 4. The molecule has 8 heteroatoms. The zero-order chi connectivity index (χ0) is 20.7. The van der Waals surface area contributed by atoms with Crippen LogP contribution >= 0.6 is 23.2 Å². The summed E-state index contributed by atoms with van der Waals surface area (Å²) in [4.78, 5) is 20.5. The number of nitrogens with zero attached hydrogens (tertiary/aromatic N) is 2. The Kier molecular flexibility index (Phi) is 4.65. The van der Waals surface area contributed by atoms with Gasteiger partial charge in [0, 0.05) is 27.5 Å². The fourth-order valence-electron chi connectivity index (χ4n) is 3.35. The molecule has 148 valence electrons. The van der Waals surface area contributed by atoms with Gasteiger partial charge in [0.25, 0.3) is 5.91 Å². The molecule has 0 aliphatic rings. The van der Waals surface area contributed by atoms with Crippen molar-refractivity contribution in [2.45, 2.75) is 6.54 Å². The summed E-state index contributed by atoms with van der Waals surface area (Å²) in [6.45, 7) is 0.304. The number of hydrogen-bond acceptors (Lipinski definition) is 3. The second-order valence-electron chi connectivity index (χ2n) is 6.85. The molecule has 0 saturated carbocycles. The van der Waals surface area contributed by atoms with Crippen LogP contribution in [0.2, 0.25) is 10.0 Å². The third-order valence-corrected chi connectivity index (χ3v) is 5.48. The number of aromatic amines is 2. The molecule has 0 bridgehead atoms. The lowest BCUT2D eigenvalue weighted by Crippen LogP contribution is -2.22. The molecule has 5 aromatic rings. The lowest BCUT2D eigenvalue weighted by Gasteiger charge is -2.07. The minimum absolute atomic E-state index is 0.210. The number of carbonyl (C=O) groups is 1. The molecule has 0 aliphatic carbocycles. The molecule has 0 unspecified atom stereocenters. The number of fused-ring (bicyclic) bond motifs is 2. The van der Waals surface area contributed by atoms with Crippen molar-refractivity contribution in [3.8, 4) is 11.5 Å². The van der Waals surface area contributed by atoms with Crippen molar-refractivity contribution < 1.29 is 4.79 Å². The smallest absolute Gasteiger partial charge is 0.251 e. The SMILES string of the molecule is O=C(NCc1ccc(Cl)cc1Cl)c1ccc2[nH]c(-c3n[nH]c4ccccc34)nc2c1. The van der Waals surface area contributed by atoms with E-state index in [1.807, 2.05) is 30.3 Å². The summed E-state index contributed by atoms with van der Waals surface area (Å²) in [6, 6.07) is 18.4. The van der Waals surface area contributed by atoms with Gasteiger partial charge in [0.05, 0.1) is 16.6 Å². The van der Waals surface area contributed by atoms with Crippen LogP contribution in [0.4, 0.5) is 0 Å². The normalized spacial score (nSPS) is 11.3. The monoisotopic (exact) mass is 435 g/mol. The first-order chi connectivity index (χ1) is 14.6. The van der Waals surface area contributed by atoms with Gasteiger partial charge in [-0.15, -0.1) is 0 Å². The predicted octanol–water partition coefficient (Wildman–Crippen LogP) is 5.34. The Morgan fingerprint density at radius 3 is 2.73 bits per heavy atom. The number of benzene rings is 3. The molecular weight excluding hydrogens is 421 g/mol. The molecule has 0 radical (unpaired) electrons. The van der Waals surface area contributed by atoms with E-state index >= 15 is 0 Å². The van der Waals surface area contributed by atoms with Crippen molar-refractivity contribution in [2.24, 2.45) is 0 Å². The molecule has 0 spiro atoms. The van der Waals surface area contributed by atoms with Gasteiger partial charge in [0.15, 0.2) is 5.82 Å². The molecule has 1 amide bonds. The van der Waals surface area contributed by atoms with E-state index < -0.39 is 0 Å². The number of halogens is 2. The molecule has 2 heterocycles. The third kappa shape index (κ3) is 3.40. The number of nitrogens with one attached hydrogen (secondary N) is 3. The zero-order valence-electron chi connectivity index (χ0n) is 15.5. The highest BCUT2D eigenvalue weighted by Gasteiger charge is 2.14. The van der Waals surface area contributed by atoms with E-state index in [1.165, 1.54) is 0 Å². The van der Waals surface area contributed by atoms with Crippen molar-refractivity contribution in [2.75, 3.05) is 0 Å². The van der Waals surface area contributed by atoms with Gasteiger partial charge in [-0.3, -0.25) is 9.89 Å². The fraction of sp³-hybridized carbons (Fsp3) is 0.0455. The Labute approximate surface area is 181 Å². The first kappa shape index (κ1) is 18.7. The molecule has 2 aromatic heterocycles. The first-order valence-electron chi connectivity index (χ1n) is 9.24. The van der Waals surface area contributed by atoms with E-state index in [0.29, 0.717) is 33.5 Å². The van der Waals surface area contributed by atoms with Crippen LogP contribution in [0.5, 0.6) is 0 Å². The summed E-state index contributed by atoms with van der Waals surface area (Å²) in [5, 5.41) is 12.3. The molecule has 0 saturated heterocycles. The van der Waals surface area contributed by atoms with Crippen LogP contribution in [0.1, 0.15) is 15.9 Å². The summed E-state index contributed by atoms with van der Waals surface area (Å²) in [7, 11) is 0. The largest absolute Gasteiger partial charge is 0.348 e. The Hall–Kier alpha value is -3.35. The van der Waals surface area contributed by atoms with E-state index in [1.54, 1.807) is 30.3 Å². The van der Waals surface area contributed by atoms with Crippen molar-refractivity contribution in [1.82, 2.24) is 25.5 Å². The lowest BCUT2D eigenvalue weighted by atomic mass is 10.1. The van der Waals surface area contributed by atoms with Crippen LogP contribution in [0.25, 0.3) is 33.5 Å². The van der Waals surface area contributed by atoms with E-state index in [-0.39, 0.29) is 5.91 Å². The summed E-state index contributed by atoms with van der Waals surface area (Å²) in [6.07, 6.45) is 0. The minimum Gasteiger partial charge on any atom is -0.348 e. The molecule has 30 heavy (non-hydrogen) atoms. The van der Waals surface area contributed by atoms with Gasteiger partial charge in [-0.2, -0.15) is 5.10 Å². The van der Waals surface area contributed by atoms with Crippen LogP contribution in [0.3, 0.4) is 0 Å². The van der Waals surface area contributed by atoms with Crippen LogP contribution in [-0.2, 0) is 6.54 Å². The molecule has 0 atom stereocenters. The van der Waals surface area contributed by atoms with E-state index in [2.05, 4.69) is 25.5 Å². The molecule has 3 aromatic carbocycles. The Morgan fingerprint density at radius 2 is 1.87 bits per heavy atom. The van der Waals surface area contributed by atoms with Gasteiger partial charge in [-0.1, -0.05) is 47.5 Å². The zero-order valence-corrected chi connectivity index (χ0v) is 17.1. The fourth-order valence-corrected chi connectivity index (χ4v) is 3.82. The van der Waals surface area contributed by atoms with Gasteiger partial charge in [-0.05, 0) is 42.0 Å². The molecule has 6 nitrogen and oxygen atoms in total. The van der Waals surface area contributed by atoms with Crippen molar-refractivity contribution in [3.05, 3.63) is 81.8 Å². The van der Waals surface area contributed by atoms with Crippen LogP contribution in [0, 0.1) is 0 Å². The maximum atomic E-state index is 12.6. The van der Waals surface area contributed by atoms with Gasteiger partial charge < -0.3 is 10.3 Å². The number of imidazole rings is 1. The van der Waals surface area contributed by atoms with Crippen molar-refractivity contribution in [1.29, 1.82) is 0 Å². The van der Waals surface area contributed by atoms with E-state index in [0.717, 1.165) is 27.7 Å². The van der Waals surface area contributed by atoms with E-state index in [4.69, 9.17) is 23.2 Å². The minimum atomic E-state index is -0.210. The highest BCUT2D eigenvalue weighted by atomic mass is 35.5. The van der Waals surface area contributed by atoms with Gasteiger partial charge in [0.1, 0.15) is 5.69 Å². The highest BCUT2D eigenvalue weighted by Crippen LogP contribution is 2.26. The summed E-state index contributed by atoms with van der Waals surface area (Å²) in [5.41, 5.74) is 4.50. The number of H-pyrrole nitrogens is 2. The third-order valence-electron chi connectivity index (χ3n) is 4.89. The quantitative estimate of drug-likeness (QED) is 0.355. The maximum absolute atomic E-state index is 12.6. The second-order valence-corrected chi connectivity index (χ2v) is 7.70. The number of rotatable bonds is 4. The Bertz CT molecular complexity index is 1410. The number of carbonyl (C=O) groups excluding carboxylic acids is 1. The summed E-state index contributed by atoms with van der Waals surface area (Å²) >= 11 is 12.1. The molecule has 0 aliphatic heterocycles. The Balaban J connectivity index is 1.40. The van der Waals surface area contributed by atoms with Gasteiger partial charge >= 0.3 is 0 Å². The Morgan fingerprint density at radius 1 is 1.00 bits per heavy atom. The van der Waals surface area contributed by atoms with Gasteiger partial charge in [0.2, 0.25) is 0 Å². The molecular formula is C22H15Cl2N5O. The van der Waals surface area contributed by atoms with Crippen molar-refractivity contribution in [3.63, 3.8) is 0 Å². The topological polar surface area (TPSA) is 86.5 Å². The number of para-hydroxylation sites is 1. The molecule has 3 N–H and O–H groups in total. The number of amides is 1. The standard InChI is InChI=1S/C22H15Cl2N5O/c23-14-7-5-13(16(24)10-14)11-25-22(30)12-6-8-18-19(9-12)27-21(26-18)20-15-3-1-2-4-17(15)28-29-20/h1-10H,11H2,(H,25,30)(H,26,27)(H,28,29). The average molecular weight is 436 g/mol. The first-order valence-corrected chi connectivity index (χ1v) is 9.99. The second kappa shape index (κ2) is 7.48. The summed E-state index contributed by atoms with van der Waals surface area (Å²) < 4.78 is 0. The lowest BCUT2D eigenvalue weighted by molar-refractivity contribution is 0.0951. The highest BCUT2D eigenvalue weighted by molar-refractivity contribution is 6.35. The maximum Gasteiger partial charge on any atom is 0.251 e. The average Bonchev–Trinajstić information content (AvgIpc) is 3.36. The van der Waals surface area contributed by atoms with Crippen molar-refractivity contribution >= 4 is 51.0 Å². The number of hydrogen-bond donors (Lipinski definition) is 3. The molecule has 5 rings (SSSR count). The van der Waals surface area contributed by atoms with Gasteiger partial charge in [-0.25, -0.2) is 4.98 Å². The van der Waals surface area contributed by atoms with Crippen LogP contribution < -0.4 is 5.32 Å². The molecule has 0 fully saturated rings. The summed E-state index contributed by atoms with van der Waals surface area (Å²) in [5.74, 6) is 0.436.